The maximum atomic E-state index is 12.0. The topological polar surface area (TPSA) is 102 Å². The van der Waals surface area contributed by atoms with Crippen LogP contribution in [0.25, 0.3) is 0 Å². The Balaban J connectivity index is -0.00000220. The van der Waals surface area contributed by atoms with Gasteiger partial charge in [0.25, 0.3) is 0 Å². The molecular formula is C4F9Na2O6S3. The van der Waals surface area contributed by atoms with Crippen LogP contribution < -0.4 is 29.6 Å². The van der Waals surface area contributed by atoms with E-state index in [-0.39, 0.29) is 59.1 Å². The van der Waals surface area contributed by atoms with E-state index in [4.69, 9.17) is 0 Å². The zero-order valence-electron chi connectivity index (χ0n) is 11.1. The van der Waals surface area contributed by atoms with Gasteiger partial charge >= 0.3 is 46.1 Å². The van der Waals surface area contributed by atoms with Gasteiger partial charge in [-0.25, -0.2) is 0 Å². The van der Waals surface area contributed by atoms with E-state index in [1.165, 1.54) is 0 Å². The Hall–Kier alpha value is 1.22. The Labute approximate surface area is 172 Å². The van der Waals surface area contributed by atoms with Gasteiger partial charge in [-0.2, -0.15) is 39.5 Å². The summed E-state index contributed by atoms with van der Waals surface area (Å²) in [6, 6.07) is 0. The maximum absolute atomic E-state index is 12.0. The van der Waals surface area contributed by atoms with Gasteiger partial charge in [0, 0.05) is 29.6 Å². The van der Waals surface area contributed by atoms with Crippen LogP contribution in [0.1, 0.15) is 0 Å². The summed E-state index contributed by atoms with van der Waals surface area (Å²) in [7, 11) is -24.1. The number of sulfone groups is 3. The monoisotopic (exact) mass is 457 g/mol. The van der Waals surface area contributed by atoms with Gasteiger partial charge in [-0.15, -0.1) is 0 Å². The van der Waals surface area contributed by atoms with Gasteiger partial charge in [-0.05, 0) is 0 Å². The van der Waals surface area contributed by atoms with Crippen LogP contribution in [0.3, 0.4) is 0 Å². The van der Waals surface area contributed by atoms with Crippen molar-refractivity contribution in [1.82, 2.24) is 0 Å². The molecule has 0 bridgehead atoms. The molecule has 0 aliphatic carbocycles. The summed E-state index contributed by atoms with van der Waals surface area (Å²) >= 11 is 0. The standard InChI is InChI=1S/C4F9O6S3.2Na/c5-2(6,7)20(14,15)1(21(16,17)3(8,9)10)22(18,19)4(11,12)13;;/q-1;;+1. The van der Waals surface area contributed by atoms with Crippen molar-refractivity contribution in [3.8, 4) is 0 Å². The molecule has 135 valence electrons. The molecule has 0 saturated heterocycles. The molecule has 0 atom stereocenters. The minimum Gasteiger partial charge on any atom is -0.251 e. The first-order valence-corrected chi connectivity index (χ1v) is 8.38. The van der Waals surface area contributed by atoms with E-state index in [2.05, 4.69) is 0 Å². The molecule has 0 heterocycles. The fourth-order valence-electron chi connectivity index (χ4n) is 0.717. The zero-order chi connectivity index (χ0) is 18.6. The zero-order valence-corrected chi connectivity index (χ0v) is 17.5. The second kappa shape index (κ2) is 8.07. The molecule has 0 amide bonds. The molecule has 0 aromatic heterocycles. The van der Waals surface area contributed by atoms with Crippen molar-refractivity contribution in [3.63, 3.8) is 0 Å². The number of alkyl halides is 9. The summed E-state index contributed by atoms with van der Waals surface area (Å²) in [6.07, 6.45) is 0. The Morgan fingerprint density at radius 3 is 0.708 bits per heavy atom. The van der Waals surface area contributed by atoms with Crippen LogP contribution in [0.15, 0.2) is 0 Å². The molecule has 0 aromatic carbocycles. The molecule has 0 aliphatic rings. The van der Waals surface area contributed by atoms with Gasteiger partial charge in [-0.1, -0.05) is 0 Å². The van der Waals surface area contributed by atoms with Gasteiger partial charge in [0.2, 0.25) is 0 Å². The molecule has 0 rings (SSSR count). The summed E-state index contributed by atoms with van der Waals surface area (Å²) in [5.41, 5.74) is -21.2. The summed E-state index contributed by atoms with van der Waals surface area (Å²) in [4.78, 5) is 0. The predicted molar refractivity (Wildman–Crippen MR) is 53.9 cm³/mol. The van der Waals surface area contributed by atoms with Crippen molar-refractivity contribution in [3.05, 3.63) is 3.91 Å². The summed E-state index contributed by atoms with van der Waals surface area (Å²) in [6.45, 7) is 0. The fraction of sp³-hybridized carbons (Fsp3) is 0.750. The first kappa shape index (κ1) is 30.0. The van der Waals surface area contributed by atoms with Crippen molar-refractivity contribution in [2.45, 2.75) is 16.5 Å². The number of rotatable bonds is 3. The third-order valence-electron chi connectivity index (χ3n) is 1.57. The minimum absolute atomic E-state index is 0. The van der Waals surface area contributed by atoms with E-state index < -0.39 is 50.0 Å². The van der Waals surface area contributed by atoms with Crippen LogP contribution in [-0.4, -0.2) is 71.3 Å². The van der Waals surface area contributed by atoms with E-state index in [1.807, 2.05) is 0 Å². The molecule has 0 N–H and O–H groups in total. The first-order valence-electron chi connectivity index (χ1n) is 3.93. The van der Waals surface area contributed by atoms with Crippen LogP contribution in [0.2, 0.25) is 0 Å². The molecule has 0 fully saturated rings. The number of hydrogen-bond donors (Lipinski definition) is 0. The van der Waals surface area contributed by atoms with Crippen LogP contribution in [0.5, 0.6) is 0 Å². The molecule has 20 heteroatoms. The maximum Gasteiger partial charge on any atom is 1.00 e. The van der Waals surface area contributed by atoms with Crippen LogP contribution >= 0.6 is 0 Å². The van der Waals surface area contributed by atoms with Gasteiger partial charge in [0.15, 0.2) is 29.5 Å². The average molecular weight is 457 g/mol. The number of hydrogen-bond acceptors (Lipinski definition) is 6. The van der Waals surface area contributed by atoms with Gasteiger partial charge in [0.05, 0.1) is 3.91 Å². The van der Waals surface area contributed by atoms with Crippen molar-refractivity contribution in [2.24, 2.45) is 0 Å². The Morgan fingerprint density at radius 1 is 0.500 bits per heavy atom. The van der Waals surface area contributed by atoms with Crippen molar-refractivity contribution >= 4 is 59.1 Å². The Kier molecular flexibility index (Phi) is 10.1. The SMILES string of the molecule is O=S(=O)([C-](S(=O)(=O)C(F)(F)F)S(=O)(=O)C(F)(F)F)C(F)(F)F.[Na+].[Na]. The average Bonchev–Trinajstić information content (AvgIpc) is 2.09. The predicted octanol–water partition coefficient (Wildman–Crippen LogP) is -2.14. The molecule has 6 nitrogen and oxygen atoms in total. The smallest absolute Gasteiger partial charge is 0.251 e. The van der Waals surface area contributed by atoms with E-state index in [1.54, 1.807) is 0 Å². The normalized spacial score (nSPS) is 14.8. The number of halogens is 9. The third-order valence-corrected chi connectivity index (χ3v) is 8.67. The fourth-order valence-corrected chi connectivity index (χ4v) is 6.45. The summed E-state index contributed by atoms with van der Waals surface area (Å²) in [5.74, 6) is 0. The second-order valence-electron chi connectivity index (χ2n) is 3.10. The van der Waals surface area contributed by atoms with E-state index in [9.17, 15) is 64.8 Å². The molecule has 0 spiro atoms. The quantitative estimate of drug-likeness (QED) is 0.273. The van der Waals surface area contributed by atoms with E-state index >= 15 is 0 Å². The van der Waals surface area contributed by atoms with Crippen molar-refractivity contribution < 1.29 is 94.3 Å². The molecule has 1 radical (unpaired) electrons. The van der Waals surface area contributed by atoms with E-state index in [0.717, 1.165) is 0 Å². The summed E-state index contributed by atoms with van der Waals surface area (Å²) in [5, 5.41) is 0. The van der Waals surface area contributed by atoms with Gasteiger partial charge in [0.1, 0.15) is 0 Å². The van der Waals surface area contributed by atoms with E-state index in [0.29, 0.717) is 0 Å². The Bertz CT molecular complexity index is 638. The molecule has 0 unspecified atom stereocenters. The molecule has 0 aliphatic heterocycles. The van der Waals surface area contributed by atoms with Crippen LogP contribution in [0, 0.1) is 3.91 Å². The Morgan fingerprint density at radius 2 is 0.625 bits per heavy atom. The van der Waals surface area contributed by atoms with Gasteiger partial charge in [-0.3, -0.25) is 25.3 Å². The molecule has 0 aromatic rings. The van der Waals surface area contributed by atoms with Crippen LogP contribution in [-0.2, 0) is 29.5 Å². The second-order valence-corrected chi connectivity index (χ2v) is 9.51. The molecular weight excluding hydrogens is 457 g/mol. The molecule has 24 heavy (non-hydrogen) atoms. The minimum atomic E-state index is -8.02. The largest absolute Gasteiger partial charge is 1.00 e. The van der Waals surface area contributed by atoms with Crippen molar-refractivity contribution in [1.29, 1.82) is 0 Å². The molecule has 0 saturated carbocycles. The first-order chi connectivity index (χ1) is 9.12. The third kappa shape index (κ3) is 5.37. The summed E-state index contributed by atoms with van der Waals surface area (Å²) < 4.78 is 167. The van der Waals surface area contributed by atoms with Gasteiger partial charge < -0.3 is 0 Å². The van der Waals surface area contributed by atoms with Crippen molar-refractivity contribution in [2.75, 3.05) is 0 Å². The van der Waals surface area contributed by atoms with Crippen LogP contribution in [0.4, 0.5) is 39.5 Å².